The van der Waals surface area contributed by atoms with Crippen molar-refractivity contribution in [3.8, 4) is 5.75 Å². The summed E-state index contributed by atoms with van der Waals surface area (Å²) >= 11 is 6.05. The van der Waals surface area contributed by atoms with Crippen LogP contribution in [0.25, 0.3) is 0 Å². The predicted molar refractivity (Wildman–Crippen MR) is 124 cm³/mol. The van der Waals surface area contributed by atoms with Crippen LogP contribution >= 0.6 is 11.6 Å². The third-order valence-electron chi connectivity index (χ3n) is 6.10. The number of methoxy groups -OCH3 is 1. The van der Waals surface area contributed by atoms with Crippen molar-refractivity contribution in [3.05, 3.63) is 52.3 Å². The van der Waals surface area contributed by atoms with E-state index in [-0.39, 0.29) is 21.6 Å². The molecule has 8 nitrogen and oxygen atoms in total. The number of ether oxygens (including phenoxy) is 1. The summed E-state index contributed by atoms with van der Waals surface area (Å²) in [5.41, 5.74) is 1.93. The zero-order valence-electron chi connectivity index (χ0n) is 18.3. The maximum atomic E-state index is 13.5. The van der Waals surface area contributed by atoms with Crippen LogP contribution in [0.2, 0.25) is 5.02 Å². The molecule has 178 valence electrons. The molecule has 1 amide bonds. The minimum absolute atomic E-state index is 0.0292. The Hall–Kier alpha value is -2.40. The number of hydrogen-bond acceptors (Lipinski definition) is 6. The fraction of sp³-hybridized carbons (Fsp3) is 0.409. The number of hydrogen-bond donors (Lipinski definition) is 1. The van der Waals surface area contributed by atoms with E-state index in [1.54, 1.807) is 11.0 Å². The van der Waals surface area contributed by atoms with Crippen LogP contribution in [0.5, 0.6) is 5.75 Å². The first-order valence-electron chi connectivity index (χ1n) is 10.6. The zero-order valence-corrected chi connectivity index (χ0v) is 19.8. The monoisotopic (exact) mass is 496 g/mol. The first-order chi connectivity index (χ1) is 15.7. The fourth-order valence-corrected chi connectivity index (χ4v) is 5.50. The summed E-state index contributed by atoms with van der Waals surface area (Å²) in [5, 5.41) is 5.22. The van der Waals surface area contributed by atoms with E-state index in [9.17, 15) is 17.6 Å². The molecular weight excluding hydrogens is 471 g/mol. The van der Waals surface area contributed by atoms with E-state index in [1.165, 1.54) is 31.4 Å². The van der Waals surface area contributed by atoms with Crippen molar-refractivity contribution in [3.63, 3.8) is 0 Å². The first kappa shape index (κ1) is 23.7. The van der Waals surface area contributed by atoms with Crippen molar-refractivity contribution in [2.24, 2.45) is 5.14 Å². The summed E-state index contributed by atoms with van der Waals surface area (Å²) in [5.74, 6) is -0.00274. The maximum Gasteiger partial charge on any atom is 0.254 e. The molecule has 1 fully saturated rings. The van der Waals surface area contributed by atoms with E-state index in [1.807, 2.05) is 0 Å². The van der Waals surface area contributed by atoms with Gasteiger partial charge in [0.15, 0.2) is 0 Å². The lowest BCUT2D eigenvalue weighted by molar-refractivity contribution is 0.0770. The average Bonchev–Trinajstić information content (AvgIpc) is 3.07. The number of benzene rings is 2. The number of carbonyl (C=O) groups is 1. The van der Waals surface area contributed by atoms with E-state index in [0.717, 1.165) is 44.8 Å². The molecule has 0 spiro atoms. The normalized spacial score (nSPS) is 16.9. The molecule has 0 saturated carbocycles. The molecule has 0 aliphatic carbocycles. The average molecular weight is 497 g/mol. The fourth-order valence-electron chi connectivity index (χ4n) is 4.38. The Balaban J connectivity index is 1.29. The van der Waals surface area contributed by atoms with Crippen LogP contribution in [-0.2, 0) is 16.6 Å². The van der Waals surface area contributed by atoms with Crippen LogP contribution < -0.4 is 14.8 Å². The number of halogens is 2. The van der Waals surface area contributed by atoms with Gasteiger partial charge in [-0.3, -0.25) is 9.69 Å². The van der Waals surface area contributed by atoms with Gasteiger partial charge >= 0.3 is 0 Å². The third kappa shape index (κ3) is 5.08. The van der Waals surface area contributed by atoms with Gasteiger partial charge in [0.2, 0.25) is 10.0 Å². The van der Waals surface area contributed by atoms with E-state index < -0.39 is 10.0 Å². The van der Waals surface area contributed by atoms with Gasteiger partial charge in [-0.25, -0.2) is 17.9 Å². The van der Waals surface area contributed by atoms with Gasteiger partial charge < -0.3 is 14.5 Å². The molecule has 0 unspecified atom stereocenters. The summed E-state index contributed by atoms with van der Waals surface area (Å²) in [6.07, 6.45) is 0.787. The predicted octanol–water partition coefficient (Wildman–Crippen LogP) is 2.30. The van der Waals surface area contributed by atoms with Crippen molar-refractivity contribution in [2.75, 3.05) is 51.3 Å². The minimum atomic E-state index is -4.00. The van der Waals surface area contributed by atoms with Crippen LogP contribution in [0.3, 0.4) is 0 Å². The number of sulfonamides is 1. The zero-order chi connectivity index (χ0) is 23.8. The summed E-state index contributed by atoms with van der Waals surface area (Å²) in [4.78, 5) is 18.7. The maximum absolute atomic E-state index is 13.5. The van der Waals surface area contributed by atoms with Gasteiger partial charge in [-0.2, -0.15) is 0 Å². The topological polar surface area (TPSA) is 96.2 Å². The summed E-state index contributed by atoms with van der Waals surface area (Å²) in [6.45, 7) is 5.08. The number of nitrogens with two attached hydrogens (primary N) is 1. The van der Waals surface area contributed by atoms with Gasteiger partial charge in [-0.15, -0.1) is 0 Å². The molecule has 0 radical (unpaired) electrons. The largest absolute Gasteiger partial charge is 0.494 e. The Bertz CT molecular complexity index is 1170. The highest BCUT2D eigenvalue weighted by molar-refractivity contribution is 7.89. The number of nitrogens with zero attached hydrogens (tertiary/aromatic N) is 3. The number of rotatable bonds is 7. The molecule has 0 bridgehead atoms. The summed E-state index contributed by atoms with van der Waals surface area (Å²) < 4.78 is 42.2. The molecule has 2 aromatic carbocycles. The number of piperazine rings is 1. The molecule has 2 aliphatic rings. The van der Waals surface area contributed by atoms with Gasteiger partial charge in [0, 0.05) is 50.9 Å². The molecule has 33 heavy (non-hydrogen) atoms. The molecule has 2 N–H and O–H groups in total. The molecule has 11 heteroatoms. The number of anilines is 1. The lowest BCUT2D eigenvalue weighted by atomic mass is 10.1. The molecule has 1 saturated heterocycles. The lowest BCUT2D eigenvalue weighted by Gasteiger charge is -2.36. The molecule has 2 aliphatic heterocycles. The third-order valence-corrected chi connectivity index (χ3v) is 7.48. The Morgan fingerprint density at radius 3 is 2.52 bits per heavy atom. The van der Waals surface area contributed by atoms with Crippen LogP contribution in [0, 0.1) is 5.82 Å². The minimum Gasteiger partial charge on any atom is -0.494 e. The number of amides is 1. The molecular formula is C22H26ClFN4O4S. The van der Waals surface area contributed by atoms with Crippen molar-refractivity contribution >= 4 is 33.2 Å². The van der Waals surface area contributed by atoms with Gasteiger partial charge in [0.05, 0.1) is 17.8 Å². The molecule has 4 rings (SSSR count). The Kier molecular flexibility index (Phi) is 6.81. The Labute approximate surface area is 197 Å². The Morgan fingerprint density at radius 1 is 1.12 bits per heavy atom. The van der Waals surface area contributed by atoms with Gasteiger partial charge in [-0.05, 0) is 42.8 Å². The second kappa shape index (κ2) is 9.46. The standard InChI is InChI=1S/C22H26ClFN4O4S/c1-32-20-12-16(24)3-4-19(20)27-9-7-26(8-10-27)5-2-6-28-14-15-11-18(23)21(33(25,30)31)13-17(15)22(28)29/h3-4,11-13H,2,5-10,14H2,1H3,(H2,25,30,31). The number of fused-ring (bicyclic) bond motifs is 1. The van der Waals surface area contributed by atoms with Gasteiger partial charge in [0.25, 0.3) is 5.91 Å². The number of carbonyl (C=O) groups excluding carboxylic acids is 1. The highest BCUT2D eigenvalue weighted by atomic mass is 35.5. The first-order valence-corrected chi connectivity index (χ1v) is 12.5. The van der Waals surface area contributed by atoms with Gasteiger partial charge in [0.1, 0.15) is 16.5 Å². The summed E-state index contributed by atoms with van der Waals surface area (Å²) in [6, 6.07) is 7.37. The quantitative estimate of drug-likeness (QED) is 0.632. The van der Waals surface area contributed by atoms with Crippen molar-refractivity contribution in [1.82, 2.24) is 9.80 Å². The van der Waals surface area contributed by atoms with E-state index in [4.69, 9.17) is 21.5 Å². The van der Waals surface area contributed by atoms with Crippen molar-refractivity contribution in [1.29, 1.82) is 0 Å². The highest BCUT2D eigenvalue weighted by Crippen LogP contribution is 2.31. The van der Waals surface area contributed by atoms with Crippen LogP contribution in [-0.4, -0.2) is 70.5 Å². The molecule has 2 aromatic rings. The van der Waals surface area contributed by atoms with Crippen LogP contribution in [0.15, 0.2) is 35.2 Å². The summed E-state index contributed by atoms with van der Waals surface area (Å²) in [7, 11) is -2.46. The van der Waals surface area contributed by atoms with E-state index in [2.05, 4.69) is 9.80 Å². The van der Waals surface area contributed by atoms with E-state index >= 15 is 0 Å². The number of primary sulfonamides is 1. The molecule has 0 atom stereocenters. The Morgan fingerprint density at radius 2 is 1.85 bits per heavy atom. The van der Waals surface area contributed by atoms with Crippen LogP contribution in [0.4, 0.5) is 10.1 Å². The highest BCUT2D eigenvalue weighted by Gasteiger charge is 2.30. The van der Waals surface area contributed by atoms with Gasteiger partial charge in [-0.1, -0.05) is 11.6 Å². The van der Waals surface area contributed by atoms with E-state index in [0.29, 0.717) is 30.0 Å². The lowest BCUT2D eigenvalue weighted by Crippen LogP contribution is -2.47. The second-order valence-corrected chi connectivity index (χ2v) is 10.1. The second-order valence-electron chi connectivity index (χ2n) is 8.21. The smallest absolute Gasteiger partial charge is 0.254 e. The molecule has 0 aromatic heterocycles. The SMILES string of the molecule is COc1cc(F)ccc1N1CCN(CCCN2Cc3cc(Cl)c(S(N)(=O)=O)cc3C2=O)CC1. The van der Waals surface area contributed by atoms with Crippen molar-refractivity contribution < 1.29 is 22.3 Å². The van der Waals surface area contributed by atoms with Crippen LogP contribution in [0.1, 0.15) is 22.3 Å². The van der Waals surface area contributed by atoms with Crippen molar-refractivity contribution in [2.45, 2.75) is 17.9 Å². The molecule has 2 heterocycles.